The molecule has 0 saturated carbocycles. The number of fused-ring (bicyclic) bond motifs is 1. The number of imidazole rings is 1. The predicted molar refractivity (Wildman–Crippen MR) is 150 cm³/mol. The fourth-order valence-electron chi connectivity index (χ4n) is 4.30. The summed E-state index contributed by atoms with van der Waals surface area (Å²) in [7, 11) is 1.83. The number of nitrogens with one attached hydrogen (secondary N) is 3. The van der Waals surface area contributed by atoms with Gasteiger partial charge in [-0.05, 0) is 32.4 Å². The quantitative estimate of drug-likeness (QED) is 0.257. The van der Waals surface area contributed by atoms with Crippen LogP contribution < -0.4 is 20.1 Å². The number of aromatic nitrogens is 4. The average Bonchev–Trinajstić information content (AvgIpc) is 3.53. The second-order valence-electron chi connectivity index (χ2n) is 10.4. The van der Waals surface area contributed by atoms with E-state index in [0.29, 0.717) is 48.0 Å². The molecule has 0 spiro atoms. The Morgan fingerprint density at radius 1 is 1.05 bits per heavy atom. The predicted octanol–water partition coefficient (Wildman–Crippen LogP) is 4.67. The Kier molecular flexibility index (Phi) is 10.1. The summed E-state index contributed by atoms with van der Waals surface area (Å²) in [5, 5.41) is 11.4. The number of rotatable bonds is 13. The summed E-state index contributed by atoms with van der Waals surface area (Å²) in [6.07, 6.45) is 1.50. The van der Waals surface area contributed by atoms with E-state index >= 15 is 0 Å². The molecule has 0 unspecified atom stereocenters. The Morgan fingerprint density at radius 2 is 1.73 bits per heavy atom. The number of unbranched alkanes of at least 4 members (excludes halogenated alkanes) is 1. The van der Waals surface area contributed by atoms with Gasteiger partial charge in [-0.2, -0.15) is 5.10 Å². The van der Waals surface area contributed by atoms with E-state index in [1.807, 2.05) is 65.3 Å². The van der Waals surface area contributed by atoms with Gasteiger partial charge in [0.05, 0.1) is 19.4 Å². The van der Waals surface area contributed by atoms with Gasteiger partial charge in [0.15, 0.2) is 11.9 Å². The lowest BCUT2D eigenvalue weighted by Crippen LogP contribution is -2.46. The SMILES string of the molecule is CCCC[C@H](NC(=O)O[C@H](c1nc2c(OCC)ccc(OCC)c2n1C)C(C)(C)C)C(=O)C(=O)Nc1ccn[nH]1. The normalized spacial score (nSPS) is 13.0. The molecule has 2 atom stereocenters. The molecule has 0 aliphatic heterocycles. The molecule has 0 radical (unpaired) electrons. The third kappa shape index (κ3) is 7.10. The minimum atomic E-state index is -1.06. The number of carbonyl (C=O) groups excluding carboxylic acids is 3. The zero-order chi connectivity index (χ0) is 29.4. The molecule has 0 fully saturated rings. The van der Waals surface area contributed by atoms with Crippen molar-refractivity contribution >= 4 is 34.6 Å². The zero-order valence-electron chi connectivity index (χ0n) is 24.3. The highest BCUT2D eigenvalue weighted by molar-refractivity contribution is 6.42. The van der Waals surface area contributed by atoms with Gasteiger partial charge in [-0.25, -0.2) is 9.78 Å². The van der Waals surface area contributed by atoms with Gasteiger partial charge in [0, 0.05) is 18.5 Å². The van der Waals surface area contributed by atoms with Crippen molar-refractivity contribution in [3.05, 3.63) is 30.2 Å². The lowest BCUT2D eigenvalue weighted by Gasteiger charge is -2.30. The number of ether oxygens (including phenoxy) is 3. The molecule has 0 bridgehead atoms. The van der Waals surface area contributed by atoms with Gasteiger partial charge >= 0.3 is 6.09 Å². The number of H-pyrrole nitrogens is 1. The Morgan fingerprint density at radius 3 is 2.33 bits per heavy atom. The molecule has 0 saturated heterocycles. The number of hydrogen-bond donors (Lipinski definition) is 3. The van der Waals surface area contributed by atoms with Crippen LogP contribution in [-0.2, 0) is 21.4 Å². The van der Waals surface area contributed by atoms with E-state index < -0.39 is 35.3 Å². The number of Topliss-reactive ketones (excluding diaryl/α,β-unsaturated/α-hetero) is 1. The van der Waals surface area contributed by atoms with Crippen LogP contribution in [0.5, 0.6) is 11.5 Å². The zero-order valence-corrected chi connectivity index (χ0v) is 24.3. The number of nitrogens with zero attached hydrogens (tertiary/aromatic N) is 3. The number of ketones is 1. The Hall–Kier alpha value is -4.09. The molecule has 40 heavy (non-hydrogen) atoms. The highest BCUT2D eigenvalue weighted by Crippen LogP contribution is 2.40. The van der Waals surface area contributed by atoms with E-state index in [1.54, 1.807) is 0 Å². The summed E-state index contributed by atoms with van der Waals surface area (Å²) in [5.74, 6) is 0.348. The molecule has 3 N–H and O–H groups in total. The van der Waals surface area contributed by atoms with Gasteiger partial charge in [0.1, 0.15) is 34.4 Å². The molecule has 1 aromatic carbocycles. The Labute approximate surface area is 234 Å². The monoisotopic (exact) mass is 556 g/mol. The van der Waals surface area contributed by atoms with Crippen molar-refractivity contribution in [3.8, 4) is 11.5 Å². The second kappa shape index (κ2) is 13.3. The number of hydrogen-bond acceptors (Lipinski definition) is 8. The first kappa shape index (κ1) is 30.5. The van der Waals surface area contributed by atoms with Crippen molar-refractivity contribution in [1.29, 1.82) is 0 Å². The molecule has 2 aromatic heterocycles. The van der Waals surface area contributed by atoms with Crippen LogP contribution in [0, 0.1) is 5.41 Å². The van der Waals surface area contributed by atoms with Gasteiger partial charge in [0.25, 0.3) is 5.91 Å². The number of carbonyl (C=O) groups is 3. The molecule has 0 aliphatic rings. The first-order valence-electron chi connectivity index (χ1n) is 13.6. The summed E-state index contributed by atoms with van der Waals surface area (Å²) < 4.78 is 19.4. The Balaban J connectivity index is 1.90. The van der Waals surface area contributed by atoms with E-state index in [4.69, 9.17) is 19.2 Å². The standard InChI is InChI=1S/C28H40N6O6/c1-8-11-12-17(23(35)26(36)31-20-15-16-29-33-20)30-27(37)40-24(28(4,5)6)25-32-21-18(38-9-2)13-14-19(39-10-3)22(21)34(25)7/h13-17,24H,8-12H2,1-7H3,(H,30,37)(H2,29,31,33,36)/t17-,24+/m0/s1. The molecule has 218 valence electrons. The minimum absolute atomic E-state index is 0.280. The molecule has 12 nitrogen and oxygen atoms in total. The molecular formula is C28H40N6O6. The first-order valence-corrected chi connectivity index (χ1v) is 13.6. The van der Waals surface area contributed by atoms with E-state index in [0.717, 1.165) is 6.42 Å². The fourth-order valence-corrected chi connectivity index (χ4v) is 4.30. The van der Waals surface area contributed by atoms with Crippen molar-refractivity contribution in [2.75, 3.05) is 18.5 Å². The van der Waals surface area contributed by atoms with Crippen molar-refractivity contribution in [1.82, 2.24) is 25.1 Å². The highest BCUT2D eigenvalue weighted by Gasteiger charge is 2.36. The fraction of sp³-hybridized carbons (Fsp3) is 0.536. The van der Waals surface area contributed by atoms with Crippen LogP contribution in [-0.4, -0.2) is 56.8 Å². The van der Waals surface area contributed by atoms with E-state index in [1.165, 1.54) is 12.3 Å². The van der Waals surface area contributed by atoms with Crippen molar-refractivity contribution in [2.45, 2.75) is 73.0 Å². The number of alkyl carbamates (subject to hydrolysis) is 1. The largest absolute Gasteiger partial charge is 0.492 e. The van der Waals surface area contributed by atoms with Crippen LogP contribution in [0.25, 0.3) is 11.0 Å². The number of anilines is 1. The van der Waals surface area contributed by atoms with Crippen molar-refractivity contribution in [3.63, 3.8) is 0 Å². The van der Waals surface area contributed by atoms with Crippen LogP contribution >= 0.6 is 0 Å². The van der Waals surface area contributed by atoms with Crippen molar-refractivity contribution < 1.29 is 28.6 Å². The van der Waals surface area contributed by atoms with E-state index in [2.05, 4.69) is 20.8 Å². The summed E-state index contributed by atoms with van der Waals surface area (Å²) >= 11 is 0. The number of amides is 2. The molecule has 2 amide bonds. The average molecular weight is 557 g/mol. The summed E-state index contributed by atoms with van der Waals surface area (Å²) in [4.78, 5) is 43.6. The lowest BCUT2D eigenvalue weighted by atomic mass is 9.88. The number of aryl methyl sites for hydroxylation is 1. The topological polar surface area (TPSA) is 149 Å². The van der Waals surface area contributed by atoms with E-state index in [-0.39, 0.29) is 12.2 Å². The highest BCUT2D eigenvalue weighted by atomic mass is 16.6. The minimum Gasteiger partial charge on any atom is -0.492 e. The maximum absolute atomic E-state index is 13.2. The number of benzene rings is 1. The van der Waals surface area contributed by atoms with Gasteiger partial charge in [-0.3, -0.25) is 14.7 Å². The van der Waals surface area contributed by atoms with Crippen LogP contribution in [0.1, 0.15) is 72.7 Å². The molecule has 12 heteroatoms. The molecule has 0 aliphatic carbocycles. The summed E-state index contributed by atoms with van der Waals surface area (Å²) in [6.45, 7) is 12.4. The molecule has 2 heterocycles. The summed E-state index contributed by atoms with van der Waals surface area (Å²) in [5.41, 5.74) is 0.730. The Bertz CT molecular complexity index is 1310. The van der Waals surface area contributed by atoms with E-state index in [9.17, 15) is 14.4 Å². The molecule has 3 rings (SSSR count). The lowest BCUT2D eigenvalue weighted by molar-refractivity contribution is -0.136. The maximum Gasteiger partial charge on any atom is 0.408 e. The van der Waals surface area contributed by atoms with Crippen LogP contribution in [0.4, 0.5) is 10.6 Å². The van der Waals surface area contributed by atoms with Crippen LogP contribution in [0.2, 0.25) is 0 Å². The van der Waals surface area contributed by atoms with Crippen molar-refractivity contribution in [2.24, 2.45) is 12.5 Å². The third-order valence-electron chi connectivity index (χ3n) is 6.26. The summed E-state index contributed by atoms with van der Waals surface area (Å²) in [6, 6.07) is 4.10. The third-order valence-corrected chi connectivity index (χ3v) is 6.26. The van der Waals surface area contributed by atoms with Gasteiger partial charge in [0.2, 0.25) is 5.78 Å². The van der Waals surface area contributed by atoms with Gasteiger partial charge in [-0.1, -0.05) is 40.5 Å². The number of aromatic amines is 1. The smallest absolute Gasteiger partial charge is 0.408 e. The van der Waals surface area contributed by atoms with Crippen LogP contribution in [0.15, 0.2) is 24.4 Å². The second-order valence-corrected chi connectivity index (χ2v) is 10.4. The maximum atomic E-state index is 13.2. The van der Waals surface area contributed by atoms with Gasteiger partial charge < -0.3 is 29.4 Å². The van der Waals surface area contributed by atoms with Crippen LogP contribution in [0.3, 0.4) is 0 Å². The molecule has 3 aromatic rings. The first-order chi connectivity index (χ1) is 19.0. The molecular weight excluding hydrogens is 516 g/mol. The van der Waals surface area contributed by atoms with Gasteiger partial charge in [-0.15, -0.1) is 0 Å².